The summed E-state index contributed by atoms with van der Waals surface area (Å²) in [5.74, 6) is -1.09. The number of ether oxygens (including phenoxy) is 1. The minimum Gasteiger partial charge on any atom is -0.379 e. The molecule has 1 unspecified atom stereocenters. The summed E-state index contributed by atoms with van der Waals surface area (Å²) in [4.78, 5) is 4.36. The van der Waals surface area contributed by atoms with Gasteiger partial charge in [0.1, 0.15) is 12.5 Å². The Hall–Kier alpha value is -1.13. The Balaban J connectivity index is 2.08. The molecule has 0 spiro atoms. The molecule has 10 heteroatoms. The van der Waals surface area contributed by atoms with Gasteiger partial charge in [-0.1, -0.05) is 23.4 Å². The van der Waals surface area contributed by atoms with Gasteiger partial charge in [0.15, 0.2) is 5.17 Å². The molecule has 2 rings (SSSR count). The van der Waals surface area contributed by atoms with Crippen LogP contribution in [0.5, 0.6) is 0 Å². The number of hydrogen-bond acceptors (Lipinski definition) is 5. The van der Waals surface area contributed by atoms with Crippen LogP contribution in [0.15, 0.2) is 28.5 Å². The van der Waals surface area contributed by atoms with Gasteiger partial charge < -0.3 is 15.8 Å². The molecule has 0 aromatic carbocycles. The van der Waals surface area contributed by atoms with Crippen molar-refractivity contribution in [3.05, 3.63) is 23.6 Å². The number of aliphatic imine (C=N–C) groups is 1. The number of halogens is 5. The largest absolute Gasteiger partial charge is 0.401 e. The number of nitrogens with two attached hydrogens (primary N) is 1. The van der Waals surface area contributed by atoms with Crippen LogP contribution < -0.4 is 11.1 Å². The smallest absolute Gasteiger partial charge is 0.379 e. The zero-order chi connectivity index (χ0) is 20.7. The van der Waals surface area contributed by atoms with E-state index < -0.39 is 37.2 Å². The minimum atomic E-state index is -4.31. The van der Waals surface area contributed by atoms with Gasteiger partial charge in [0.25, 0.3) is 0 Å². The van der Waals surface area contributed by atoms with Crippen molar-refractivity contribution >= 4 is 16.9 Å². The number of nitrogens with one attached hydrogen (secondary N) is 1. The van der Waals surface area contributed by atoms with Crippen LogP contribution in [-0.2, 0) is 4.74 Å². The molecule has 1 aliphatic carbocycles. The van der Waals surface area contributed by atoms with Crippen molar-refractivity contribution in [3.63, 3.8) is 0 Å². The summed E-state index contributed by atoms with van der Waals surface area (Å²) in [7, 11) is 0. The first-order chi connectivity index (χ1) is 13.2. The van der Waals surface area contributed by atoms with Gasteiger partial charge >= 0.3 is 6.18 Å². The lowest BCUT2D eigenvalue weighted by molar-refractivity contribution is -0.124. The van der Waals surface area contributed by atoms with Crippen LogP contribution in [-0.4, -0.2) is 55.1 Å². The summed E-state index contributed by atoms with van der Waals surface area (Å²) in [6.45, 7) is 0.343. The molecular formula is C18H26F5N3OS. The molecule has 0 aromatic heterocycles. The Morgan fingerprint density at radius 2 is 2.07 bits per heavy atom. The molecular weight excluding hydrogens is 401 g/mol. The molecule has 1 aliphatic heterocycles. The molecule has 1 heterocycles. The summed E-state index contributed by atoms with van der Waals surface area (Å²) in [5, 5.41) is 2.16. The third-order valence-electron chi connectivity index (χ3n) is 4.66. The molecule has 3 N–H and O–H groups in total. The highest BCUT2D eigenvalue weighted by Crippen LogP contribution is 2.32. The molecule has 28 heavy (non-hydrogen) atoms. The average Bonchev–Trinajstić information content (AvgIpc) is 2.62. The van der Waals surface area contributed by atoms with E-state index in [1.807, 2.05) is 6.92 Å². The lowest BCUT2D eigenvalue weighted by Gasteiger charge is -2.29. The Labute approximate surface area is 165 Å². The summed E-state index contributed by atoms with van der Waals surface area (Å²) in [5.41, 5.74) is 6.57. The quantitative estimate of drug-likeness (QED) is 0.654. The maximum atomic E-state index is 14.5. The Bertz CT molecular complexity index is 609. The van der Waals surface area contributed by atoms with E-state index in [-0.39, 0.29) is 36.1 Å². The van der Waals surface area contributed by atoms with Crippen molar-refractivity contribution in [2.75, 3.05) is 26.4 Å². The van der Waals surface area contributed by atoms with Crippen LogP contribution in [0.25, 0.3) is 0 Å². The van der Waals surface area contributed by atoms with E-state index in [1.165, 1.54) is 12.2 Å². The summed E-state index contributed by atoms with van der Waals surface area (Å²) in [6, 6.07) is -0.629. The number of alkyl halides is 4. The van der Waals surface area contributed by atoms with E-state index >= 15 is 0 Å². The second kappa shape index (κ2) is 10.6. The van der Waals surface area contributed by atoms with Gasteiger partial charge in [-0.25, -0.2) is 8.78 Å². The monoisotopic (exact) mass is 427 g/mol. The van der Waals surface area contributed by atoms with Gasteiger partial charge in [-0.05, 0) is 32.3 Å². The molecule has 0 saturated heterocycles. The maximum Gasteiger partial charge on any atom is 0.401 e. The van der Waals surface area contributed by atoms with Crippen molar-refractivity contribution in [3.8, 4) is 0 Å². The standard InChI is InChI=1S/C18H26F5N3OS/c1-11-2-4-13(7-19)28-17(24)26-16(9-27-11)14-6-12(3-5-15(14)20)8-25-10-18(21,22)23/h3,5,11,13-14,16,25H,2,4,6-10H2,1H3,(H2,24,26)/t11-,13-,14?,16+/m0/s1. The highest BCUT2D eigenvalue weighted by molar-refractivity contribution is 8.14. The zero-order valence-corrected chi connectivity index (χ0v) is 16.5. The van der Waals surface area contributed by atoms with Gasteiger partial charge in [0.05, 0.1) is 25.3 Å². The molecule has 0 fully saturated rings. The maximum absolute atomic E-state index is 14.5. The number of amidine groups is 1. The molecule has 4 atom stereocenters. The minimum absolute atomic E-state index is 0.00163. The molecule has 2 aliphatic rings. The fraction of sp³-hybridized carbons (Fsp3) is 0.722. The first-order valence-electron chi connectivity index (χ1n) is 9.18. The lowest BCUT2D eigenvalue weighted by Crippen LogP contribution is -2.34. The van der Waals surface area contributed by atoms with Crippen molar-refractivity contribution in [1.29, 1.82) is 0 Å². The summed E-state index contributed by atoms with van der Waals surface area (Å²) in [6.07, 6.45) is -0.242. The first-order valence-corrected chi connectivity index (χ1v) is 10.1. The van der Waals surface area contributed by atoms with Crippen molar-refractivity contribution in [1.82, 2.24) is 5.32 Å². The molecule has 4 nitrogen and oxygen atoms in total. The van der Waals surface area contributed by atoms with Crippen LogP contribution in [0.1, 0.15) is 26.2 Å². The first kappa shape index (κ1) is 23.2. The van der Waals surface area contributed by atoms with Gasteiger partial charge in [-0.15, -0.1) is 0 Å². The van der Waals surface area contributed by atoms with E-state index in [2.05, 4.69) is 10.3 Å². The van der Waals surface area contributed by atoms with Gasteiger partial charge in [0.2, 0.25) is 0 Å². The number of rotatable bonds is 5. The van der Waals surface area contributed by atoms with Crippen molar-refractivity contribution in [2.24, 2.45) is 16.6 Å². The van der Waals surface area contributed by atoms with Crippen LogP contribution in [0.3, 0.4) is 0 Å². The second-order valence-electron chi connectivity index (χ2n) is 7.06. The molecule has 0 amide bonds. The Morgan fingerprint density at radius 3 is 2.75 bits per heavy atom. The second-order valence-corrected chi connectivity index (χ2v) is 8.38. The molecule has 160 valence electrons. The van der Waals surface area contributed by atoms with E-state index in [0.29, 0.717) is 18.4 Å². The number of allylic oxidation sites excluding steroid dienone is 2. The highest BCUT2D eigenvalue weighted by Gasteiger charge is 2.31. The van der Waals surface area contributed by atoms with E-state index in [4.69, 9.17) is 10.5 Å². The molecule has 0 radical (unpaired) electrons. The van der Waals surface area contributed by atoms with Crippen LogP contribution in [0.4, 0.5) is 22.0 Å². The molecule has 0 aromatic rings. The van der Waals surface area contributed by atoms with E-state index in [1.54, 1.807) is 0 Å². The summed E-state index contributed by atoms with van der Waals surface area (Å²) < 4.78 is 70.3. The number of hydrogen-bond donors (Lipinski definition) is 2. The summed E-state index contributed by atoms with van der Waals surface area (Å²) >= 11 is 1.13. The third kappa shape index (κ3) is 7.71. The Kier molecular flexibility index (Phi) is 8.76. The number of nitrogens with zero attached hydrogens (tertiary/aromatic N) is 1. The van der Waals surface area contributed by atoms with E-state index in [0.717, 1.165) is 11.8 Å². The predicted molar refractivity (Wildman–Crippen MR) is 102 cm³/mol. The molecule has 0 saturated carbocycles. The van der Waals surface area contributed by atoms with Crippen molar-refractivity contribution in [2.45, 2.75) is 49.8 Å². The predicted octanol–water partition coefficient (Wildman–Crippen LogP) is 3.89. The third-order valence-corrected chi connectivity index (χ3v) is 5.70. The van der Waals surface area contributed by atoms with Gasteiger partial charge in [0, 0.05) is 17.7 Å². The van der Waals surface area contributed by atoms with Crippen molar-refractivity contribution < 1.29 is 26.7 Å². The zero-order valence-electron chi connectivity index (χ0n) is 15.6. The normalized spacial score (nSPS) is 30.3. The van der Waals surface area contributed by atoms with Crippen LogP contribution >= 0.6 is 11.8 Å². The Morgan fingerprint density at radius 1 is 1.32 bits per heavy atom. The van der Waals surface area contributed by atoms with Gasteiger partial charge in [-0.2, -0.15) is 13.2 Å². The van der Waals surface area contributed by atoms with Crippen LogP contribution in [0.2, 0.25) is 0 Å². The molecule has 0 bridgehead atoms. The topological polar surface area (TPSA) is 59.6 Å². The average molecular weight is 427 g/mol. The number of thioether (sulfide) groups is 1. The fourth-order valence-electron chi connectivity index (χ4n) is 3.13. The SMILES string of the molecule is C[C@H]1CC[C@@H](CF)SC(N)=N[C@@H](C2CC(CNCC(F)(F)F)=CC=C2F)CO1. The van der Waals surface area contributed by atoms with E-state index in [9.17, 15) is 22.0 Å². The fourth-order valence-corrected chi connectivity index (χ4v) is 3.98. The highest BCUT2D eigenvalue weighted by atomic mass is 32.2. The lowest BCUT2D eigenvalue weighted by atomic mass is 9.87. The van der Waals surface area contributed by atoms with Gasteiger partial charge in [-0.3, -0.25) is 4.99 Å². The van der Waals surface area contributed by atoms with Crippen LogP contribution in [0, 0.1) is 5.92 Å².